The Morgan fingerprint density at radius 2 is 2.50 bits per heavy atom. The van der Waals surface area contributed by atoms with E-state index in [4.69, 9.17) is 11.6 Å². The van der Waals surface area contributed by atoms with Crippen LogP contribution in [0.4, 0.5) is 5.82 Å². The summed E-state index contributed by atoms with van der Waals surface area (Å²) in [6.07, 6.45) is 1.62. The van der Waals surface area contributed by atoms with E-state index >= 15 is 0 Å². The molecule has 14 heavy (non-hydrogen) atoms. The lowest BCUT2D eigenvalue weighted by atomic mass is 10.5. The van der Waals surface area contributed by atoms with Gasteiger partial charge in [-0.1, -0.05) is 11.8 Å². The predicted molar refractivity (Wildman–Crippen MR) is 63.1 cm³/mol. The molecule has 1 N–H and O–H groups in total. The molecule has 0 fully saturated rings. The molecule has 1 aromatic rings. The quantitative estimate of drug-likeness (QED) is 0.851. The zero-order valence-corrected chi connectivity index (χ0v) is 10.1. The number of hydrogen-bond donors (Lipinski definition) is 1. The monoisotopic (exact) mass is 292 g/mol. The largest absolute Gasteiger partial charge is 0.355 e. The first-order valence-electron chi connectivity index (χ1n) is 3.84. The van der Waals surface area contributed by atoms with E-state index in [0.717, 1.165) is 11.0 Å². The van der Waals surface area contributed by atoms with E-state index in [1.807, 2.05) is 5.55 Å². The Bertz CT molecular complexity index is 365. The van der Waals surface area contributed by atoms with Gasteiger partial charge in [-0.05, 0) is 27.5 Å². The average molecular weight is 294 g/mol. The first-order chi connectivity index (χ1) is 6.75. The van der Waals surface area contributed by atoms with Gasteiger partial charge < -0.3 is 5.32 Å². The third-order valence-corrected chi connectivity index (χ3v) is 3.21. The number of aromatic nitrogens is 2. The number of thioether (sulfide) groups is 1. The summed E-state index contributed by atoms with van der Waals surface area (Å²) in [5.74, 6) is 0.702. The third kappa shape index (κ3) is 2.37. The molecule has 0 spiro atoms. The van der Waals surface area contributed by atoms with Gasteiger partial charge >= 0.3 is 0 Å². The van der Waals surface area contributed by atoms with Crippen LogP contribution in [0, 0.1) is 0 Å². The molecule has 0 radical (unpaired) electrons. The maximum absolute atomic E-state index is 5.68. The molecule has 0 saturated heterocycles. The van der Waals surface area contributed by atoms with Crippen molar-refractivity contribution in [3.05, 3.63) is 16.0 Å². The van der Waals surface area contributed by atoms with Crippen LogP contribution in [0.2, 0.25) is 5.28 Å². The molecule has 0 saturated carbocycles. The molecule has 7 heteroatoms. The highest BCUT2D eigenvalue weighted by atomic mass is 79.9. The van der Waals surface area contributed by atoms with Crippen molar-refractivity contribution >= 4 is 50.7 Å². The molecule has 2 heterocycles. The fraction of sp³-hybridized carbons (Fsp3) is 0.286. The molecule has 1 aliphatic heterocycles. The molecular weight excluding hydrogens is 288 g/mol. The lowest BCUT2D eigenvalue weighted by molar-refractivity contribution is 0.969. The van der Waals surface area contributed by atoms with Gasteiger partial charge in [0.2, 0.25) is 5.28 Å². The van der Waals surface area contributed by atoms with Crippen LogP contribution in [0.15, 0.2) is 15.7 Å². The molecule has 0 amide bonds. The SMILES string of the molecule is Clc1ncc(Br)c(NC2CN=CS2)n1. The second-order valence-corrected chi connectivity index (χ2v) is 4.82. The Labute approximate surface area is 98.7 Å². The molecule has 1 aliphatic rings. The zero-order valence-electron chi connectivity index (χ0n) is 6.94. The van der Waals surface area contributed by atoms with Crippen molar-refractivity contribution in [1.82, 2.24) is 9.97 Å². The van der Waals surface area contributed by atoms with Gasteiger partial charge in [-0.15, -0.1) is 0 Å². The van der Waals surface area contributed by atoms with Crippen molar-refractivity contribution in [2.45, 2.75) is 5.37 Å². The Morgan fingerprint density at radius 1 is 1.64 bits per heavy atom. The standard InChI is InChI=1S/C7H6BrClN4S/c8-4-1-11-7(9)13-6(4)12-5-2-10-3-14-5/h1,3,5H,2H2,(H,11,12,13). The lowest BCUT2D eigenvalue weighted by Gasteiger charge is -2.11. The van der Waals surface area contributed by atoms with E-state index in [1.54, 1.807) is 18.0 Å². The summed E-state index contributed by atoms with van der Waals surface area (Å²) in [4.78, 5) is 12.0. The minimum Gasteiger partial charge on any atom is -0.355 e. The molecule has 4 nitrogen and oxygen atoms in total. The highest BCUT2D eigenvalue weighted by molar-refractivity contribution is 9.10. The van der Waals surface area contributed by atoms with Crippen LogP contribution in [-0.4, -0.2) is 27.4 Å². The molecule has 0 bridgehead atoms. The molecular formula is C7H6BrClN4S. The smallest absolute Gasteiger partial charge is 0.224 e. The third-order valence-electron chi connectivity index (χ3n) is 1.58. The van der Waals surface area contributed by atoms with Gasteiger partial charge in [-0.3, -0.25) is 4.99 Å². The molecule has 1 unspecified atom stereocenters. The van der Waals surface area contributed by atoms with Gasteiger partial charge in [0.25, 0.3) is 0 Å². The summed E-state index contributed by atoms with van der Waals surface area (Å²) in [7, 11) is 0. The van der Waals surface area contributed by atoms with Crippen molar-refractivity contribution in [2.75, 3.05) is 11.9 Å². The molecule has 2 rings (SSSR count). The van der Waals surface area contributed by atoms with E-state index in [-0.39, 0.29) is 10.7 Å². The average Bonchev–Trinajstić information content (AvgIpc) is 2.64. The van der Waals surface area contributed by atoms with Crippen molar-refractivity contribution in [3.63, 3.8) is 0 Å². The van der Waals surface area contributed by atoms with Crippen LogP contribution in [0.25, 0.3) is 0 Å². The topological polar surface area (TPSA) is 50.2 Å². The predicted octanol–water partition coefficient (Wildman–Crippen LogP) is 2.41. The highest BCUT2D eigenvalue weighted by Crippen LogP contribution is 2.24. The van der Waals surface area contributed by atoms with E-state index in [2.05, 4.69) is 36.2 Å². The Kier molecular flexibility index (Phi) is 3.25. The van der Waals surface area contributed by atoms with Gasteiger partial charge in [-0.25, -0.2) is 4.98 Å². The highest BCUT2D eigenvalue weighted by Gasteiger charge is 2.14. The molecule has 1 aromatic heterocycles. The van der Waals surface area contributed by atoms with E-state index < -0.39 is 0 Å². The molecule has 0 aliphatic carbocycles. The molecule has 0 aromatic carbocycles. The van der Waals surface area contributed by atoms with Gasteiger partial charge in [0.05, 0.1) is 21.9 Å². The van der Waals surface area contributed by atoms with E-state index in [1.165, 1.54) is 0 Å². The normalized spacial score (nSPS) is 20.0. The number of rotatable bonds is 2. The van der Waals surface area contributed by atoms with E-state index in [9.17, 15) is 0 Å². The van der Waals surface area contributed by atoms with Crippen LogP contribution in [0.3, 0.4) is 0 Å². The summed E-state index contributed by atoms with van der Waals surface area (Å²) in [6.45, 7) is 0.749. The summed E-state index contributed by atoms with van der Waals surface area (Å²) in [5, 5.41) is 3.67. The van der Waals surface area contributed by atoms with Crippen LogP contribution in [0.1, 0.15) is 0 Å². The number of hydrogen-bond acceptors (Lipinski definition) is 5. The van der Waals surface area contributed by atoms with Crippen molar-refractivity contribution in [2.24, 2.45) is 4.99 Å². The number of nitrogens with zero attached hydrogens (tertiary/aromatic N) is 3. The number of aliphatic imine (C=N–C) groups is 1. The second kappa shape index (κ2) is 4.46. The van der Waals surface area contributed by atoms with Crippen LogP contribution in [0.5, 0.6) is 0 Å². The summed E-state index contributed by atoms with van der Waals surface area (Å²) in [5.41, 5.74) is 1.83. The molecule has 74 valence electrons. The van der Waals surface area contributed by atoms with Crippen LogP contribution >= 0.6 is 39.3 Å². The fourth-order valence-corrected chi connectivity index (χ4v) is 2.09. The first-order valence-corrected chi connectivity index (χ1v) is 5.95. The van der Waals surface area contributed by atoms with Crippen LogP contribution < -0.4 is 5.32 Å². The Hall–Kier alpha value is -0.330. The van der Waals surface area contributed by atoms with Crippen molar-refractivity contribution < 1.29 is 0 Å². The summed E-state index contributed by atoms with van der Waals surface area (Å²) in [6, 6.07) is 0. The number of halogens is 2. The number of anilines is 1. The maximum Gasteiger partial charge on any atom is 0.224 e. The minimum atomic E-state index is 0.234. The van der Waals surface area contributed by atoms with Crippen molar-refractivity contribution in [1.29, 1.82) is 0 Å². The minimum absolute atomic E-state index is 0.234. The second-order valence-electron chi connectivity index (χ2n) is 2.58. The lowest BCUT2D eigenvalue weighted by Crippen LogP contribution is -2.17. The van der Waals surface area contributed by atoms with Gasteiger partial charge in [0, 0.05) is 6.20 Å². The number of nitrogens with one attached hydrogen (secondary N) is 1. The van der Waals surface area contributed by atoms with Gasteiger partial charge in [-0.2, -0.15) is 4.98 Å². The van der Waals surface area contributed by atoms with Gasteiger partial charge in [0.1, 0.15) is 5.82 Å². The Balaban J connectivity index is 2.11. The summed E-state index contributed by atoms with van der Waals surface area (Å²) >= 11 is 10.6. The molecule has 1 atom stereocenters. The fourth-order valence-electron chi connectivity index (χ4n) is 0.977. The van der Waals surface area contributed by atoms with Crippen LogP contribution in [-0.2, 0) is 0 Å². The maximum atomic E-state index is 5.68. The first kappa shape index (κ1) is 10.2. The van der Waals surface area contributed by atoms with Crippen molar-refractivity contribution in [3.8, 4) is 0 Å². The van der Waals surface area contributed by atoms with E-state index in [0.29, 0.717) is 5.82 Å². The van der Waals surface area contributed by atoms with Gasteiger partial charge in [0.15, 0.2) is 0 Å². The Morgan fingerprint density at radius 3 is 3.21 bits per heavy atom. The zero-order chi connectivity index (χ0) is 9.97. The summed E-state index contributed by atoms with van der Waals surface area (Å²) < 4.78 is 0.800.